The summed E-state index contributed by atoms with van der Waals surface area (Å²) in [5.74, 6) is -7.35. The monoisotopic (exact) mass is 1710 g/mol. The second-order valence-electron chi connectivity index (χ2n) is 33.9. The molecule has 5 amide bonds. The van der Waals surface area contributed by atoms with Crippen molar-refractivity contribution in [1.82, 2.24) is 69.9 Å². The number of allylic oxidation sites excluding steroid dienone is 6. The van der Waals surface area contributed by atoms with Gasteiger partial charge < -0.3 is 84.3 Å². The molecule has 0 unspecified atom stereocenters. The van der Waals surface area contributed by atoms with Crippen LogP contribution in [0.5, 0.6) is 0 Å². The number of H-pyrrole nitrogens is 1. The number of methoxy groups -OCH3 is 3. The van der Waals surface area contributed by atoms with Gasteiger partial charge in [0.1, 0.15) is 59.7 Å². The number of nitrogens with two attached hydrogens (primary N) is 1. The normalized spacial score (nSPS) is 27.9. The van der Waals surface area contributed by atoms with Crippen molar-refractivity contribution in [2.45, 2.75) is 225 Å². The van der Waals surface area contributed by atoms with E-state index >= 15 is 0 Å². The fourth-order valence-corrected chi connectivity index (χ4v) is 17.5. The Hall–Kier alpha value is -9.81. The number of esters is 1. The minimum absolute atomic E-state index is 0.00400. The van der Waals surface area contributed by atoms with Crippen molar-refractivity contribution in [1.29, 1.82) is 0 Å². The van der Waals surface area contributed by atoms with Gasteiger partial charge in [0.2, 0.25) is 29.5 Å². The number of Topliss-reactive ketones (excluding diaryl/α,β-unsaturated/α-hetero) is 3. The number of nitrogen functional groups attached to an aromatic ring is 1. The Labute approximate surface area is 719 Å². The third kappa shape index (κ3) is 25.5. The molecule has 2 bridgehead atoms. The zero-order valence-electron chi connectivity index (χ0n) is 72.7. The first-order chi connectivity index (χ1) is 59.2. The lowest BCUT2D eigenvalue weighted by molar-refractivity contribution is -0.245. The summed E-state index contributed by atoms with van der Waals surface area (Å²) in [5, 5.41) is 35.8. The van der Waals surface area contributed by atoms with Crippen LogP contribution in [0.1, 0.15) is 163 Å². The number of piperidine rings is 1. The maximum absolute atomic E-state index is 14.8. The van der Waals surface area contributed by atoms with Crippen LogP contribution in [0.4, 0.5) is 16.6 Å². The SMILES string of the molecule is CO[C@H]1C[C@@H]2CCC[C@@](O)(O2)C(=O)C(=O)N2CCCC[C@H]2C(=O)O[C@H]([C@H](C)C[C@@H]2CC[C@@H](OC(=O)NCc3cnc(N4CCN(C(=O)CCOCCN5CCN(C(=O)CCC(=O)NCCCCn6nc(-c7cnc8[nH]ccc8c7)c7c(N)ncnc76)CC5)CC4)nc3)[C@H](OC)C2)CC(=O)[C@H](C)/C=C(\C)[C@@H](O)[C@@H](OC)C(=O)[C@H](C)C[C@H](C)/C=C/C=C/C=C/1C. The fourth-order valence-electron chi connectivity index (χ4n) is 17.5. The number of pyridine rings is 1. The van der Waals surface area contributed by atoms with Crippen molar-refractivity contribution in [3.63, 3.8) is 0 Å². The summed E-state index contributed by atoms with van der Waals surface area (Å²) < 4.78 is 43.7. The average molecular weight is 1710 g/mol. The molecular formula is C89H126N16O18. The molecule has 14 atom stereocenters. The minimum Gasteiger partial charge on any atom is -0.460 e. The van der Waals surface area contributed by atoms with Gasteiger partial charge in [-0.3, -0.25) is 38.5 Å². The zero-order chi connectivity index (χ0) is 87.9. The first-order valence-electron chi connectivity index (χ1n) is 43.7. The van der Waals surface area contributed by atoms with Gasteiger partial charge in [-0.05, 0) is 132 Å². The van der Waals surface area contributed by atoms with E-state index in [4.69, 9.17) is 44.0 Å². The van der Waals surface area contributed by atoms with Crippen molar-refractivity contribution in [2.75, 3.05) is 117 Å². The lowest BCUT2D eigenvalue weighted by Crippen LogP contribution is -2.58. The Bertz CT molecular complexity index is 4550. The van der Waals surface area contributed by atoms with Gasteiger partial charge in [0.15, 0.2) is 11.4 Å². The lowest BCUT2D eigenvalue weighted by atomic mass is 9.78. The summed E-state index contributed by atoms with van der Waals surface area (Å²) in [5.41, 5.74) is 11.0. The van der Waals surface area contributed by atoms with E-state index in [0.717, 1.165) is 33.5 Å². The number of amides is 5. The van der Waals surface area contributed by atoms with Gasteiger partial charge in [-0.25, -0.2) is 39.2 Å². The number of aromatic nitrogens is 8. The van der Waals surface area contributed by atoms with Gasteiger partial charge in [0.25, 0.3) is 11.7 Å². The molecule has 5 aromatic heterocycles. The minimum atomic E-state index is -2.45. The van der Waals surface area contributed by atoms with E-state index in [-0.39, 0.29) is 106 Å². The molecule has 34 heteroatoms. The molecule has 34 nitrogen and oxygen atoms in total. The zero-order valence-corrected chi connectivity index (χ0v) is 72.7. The van der Waals surface area contributed by atoms with Crippen LogP contribution in [0.15, 0.2) is 90.8 Å². The fraction of sp³-hybridized carbons (Fsp3) is 0.629. The second kappa shape index (κ2) is 45.2. The van der Waals surface area contributed by atoms with Gasteiger partial charge >= 0.3 is 12.1 Å². The Balaban J connectivity index is 0.585. The topological polar surface area (TPSA) is 423 Å². The largest absolute Gasteiger partial charge is 0.460 e. The molecule has 5 aliphatic heterocycles. The lowest BCUT2D eigenvalue weighted by Gasteiger charge is -2.40. The molecule has 5 aromatic rings. The maximum atomic E-state index is 14.8. The van der Waals surface area contributed by atoms with Gasteiger partial charge in [0.05, 0.1) is 43.3 Å². The predicted octanol–water partition coefficient (Wildman–Crippen LogP) is 7.50. The van der Waals surface area contributed by atoms with E-state index in [0.29, 0.717) is 182 Å². The number of hydrogen-bond donors (Lipinski definition) is 6. The van der Waals surface area contributed by atoms with Crippen molar-refractivity contribution in [3.8, 4) is 11.3 Å². The molecule has 670 valence electrons. The van der Waals surface area contributed by atoms with Crippen LogP contribution in [0.3, 0.4) is 0 Å². The average Bonchev–Trinajstić information content (AvgIpc) is 1.76. The van der Waals surface area contributed by atoms with Crippen LogP contribution in [0, 0.1) is 29.6 Å². The number of rotatable bonds is 25. The van der Waals surface area contributed by atoms with E-state index < -0.39 is 96.1 Å². The van der Waals surface area contributed by atoms with Crippen LogP contribution >= 0.6 is 0 Å². The number of aliphatic hydroxyl groups is 2. The highest BCUT2D eigenvalue weighted by Gasteiger charge is 2.50. The summed E-state index contributed by atoms with van der Waals surface area (Å²) >= 11 is 0. The van der Waals surface area contributed by atoms with E-state index in [1.807, 2.05) is 84.0 Å². The number of nitrogens with one attached hydrogen (secondary N) is 3. The number of nitrogens with zero attached hydrogens (tertiary/aromatic N) is 12. The number of cyclic esters (lactones) is 1. The number of carbonyl (C=O) groups is 9. The van der Waals surface area contributed by atoms with E-state index in [1.165, 1.54) is 13.4 Å². The van der Waals surface area contributed by atoms with E-state index in [1.54, 1.807) is 64.6 Å². The predicted molar refractivity (Wildman–Crippen MR) is 457 cm³/mol. The number of alkyl carbamates (subject to hydrolysis) is 1. The summed E-state index contributed by atoms with van der Waals surface area (Å²) in [6.45, 7) is 17.9. The van der Waals surface area contributed by atoms with E-state index in [9.17, 15) is 53.4 Å². The number of hydrogen-bond acceptors (Lipinski definition) is 27. The standard InChI is InChI=1S/C89H126N16O18/c1-56-18-11-10-12-19-57(2)70(117-7)49-66-20-17-28-89(116,123-66)81(112)85(113)104-31-15-13-21-67(104)86(114)121-71(50-68(106)58(3)45-61(6)79(111)80(119-9)78(110)60(5)44-56)59(4)46-62-22-23-69(72(47-62)118-8)122-88(115)96-53-63-51-94-87(95-52-63)103-39-37-102(38-40-103)75(109)27-42-120-43-41-100-33-35-101(36-34-100)74(108)25-24-73(107)91-29-14-16-32-105-84-76(82(90)97-55-98-84)77(99-105)65-48-64-26-30-92-83(64)93-54-65/h10-12,18-19,26,30,45,48,51-52,54-56,58-60,62,66-67,69-72,79-80,111,116H,13-17,20-25,27-29,31-44,46-47,49-50,53H2,1-9H3,(H,91,107)(H,92,93)(H,96,115)(H2,90,97,98)/b12-10+,18-11+,57-19+,61-45+/t56-,58-,59-,60-,62+,66+,67+,69-,70+,71+,72-,79-,80+,89-/m1/s1. The maximum Gasteiger partial charge on any atom is 0.407 e. The molecule has 0 radical (unpaired) electrons. The van der Waals surface area contributed by atoms with Gasteiger partial charge in [0, 0.05) is 192 Å². The summed E-state index contributed by atoms with van der Waals surface area (Å²) in [6.07, 6.45) is 19.1. The molecule has 6 aliphatic rings. The smallest absolute Gasteiger partial charge is 0.407 e. The Morgan fingerprint density at radius 3 is 2.27 bits per heavy atom. The van der Waals surface area contributed by atoms with Crippen molar-refractivity contribution in [3.05, 3.63) is 96.4 Å². The molecule has 1 saturated carbocycles. The molecule has 5 fully saturated rings. The summed E-state index contributed by atoms with van der Waals surface area (Å²) in [7, 11) is 4.48. The molecular weight excluding hydrogens is 1580 g/mol. The van der Waals surface area contributed by atoms with Crippen LogP contribution in [-0.2, 0) is 84.6 Å². The molecule has 123 heavy (non-hydrogen) atoms. The van der Waals surface area contributed by atoms with Gasteiger partial charge in [-0.2, -0.15) is 5.10 Å². The molecule has 0 spiro atoms. The highest BCUT2D eigenvalue weighted by atomic mass is 16.6. The second-order valence-corrected chi connectivity index (χ2v) is 33.9. The third-order valence-electron chi connectivity index (χ3n) is 24.9. The number of anilines is 2. The van der Waals surface area contributed by atoms with Gasteiger partial charge in [-0.15, -0.1) is 0 Å². The number of unbranched alkanes of at least 4 members (excludes halogenated alkanes) is 1. The van der Waals surface area contributed by atoms with Crippen LogP contribution in [0.25, 0.3) is 33.3 Å². The van der Waals surface area contributed by atoms with Crippen LogP contribution < -0.4 is 21.3 Å². The number of fused-ring (bicyclic) bond motifs is 5. The van der Waals surface area contributed by atoms with E-state index in [2.05, 4.69) is 45.4 Å². The Kier molecular flexibility index (Phi) is 34.5. The van der Waals surface area contributed by atoms with Crippen molar-refractivity contribution in [2.24, 2.45) is 29.6 Å². The summed E-state index contributed by atoms with van der Waals surface area (Å²) in [4.78, 5) is 159. The Morgan fingerprint density at radius 2 is 1.52 bits per heavy atom. The molecule has 0 aromatic carbocycles. The molecule has 10 heterocycles. The first-order valence-corrected chi connectivity index (χ1v) is 43.7. The number of ketones is 3. The molecule has 1 aliphatic carbocycles. The third-order valence-corrected chi connectivity index (χ3v) is 24.9. The number of aromatic amines is 1. The van der Waals surface area contributed by atoms with Crippen molar-refractivity contribution >= 4 is 86.9 Å². The number of ether oxygens (including phenoxy) is 7. The number of aryl methyl sites for hydroxylation is 1. The number of piperazine rings is 2. The molecule has 7 N–H and O–H groups in total. The quantitative estimate of drug-likeness (QED) is 0.0142. The van der Waals surface area contributed by atoms with Crippen LogP contribution in [-0.4, -0.2) is 284 Å². The molecule has 4 saturated heterocycles. The highest BCUT2D eigenvalue weighted by molar-refractivity contribution is 6.39. The highest BCUT2D eigenvalue weighted by Crippen LogP contribution is 2.38. The van der Waals surface area contributed by atoms with Crippen LogP contribution in [0.2, 0.25) is 0 Å². The molecule has 11 rings (SSSR count). The summed E-state index contributed by atoms with van der Waals surface area (Å²) in [6, 6.07) is 2.73. The number of carbonyl (C=O) groups excluding carboxylic acids is 9. The van der Waals surface area contributed by atoms with Crippen molar-refractivity contribution < 1.29 is 86.5 Å². The number of aliphatic hydroxyl groups excluding tert-OH is 1. The van der Waals surface area contributed by atoms with Gasteiger partial charge in [-0.1, -0.05) is 64.2 Å². The first kappa shape index (κ1) is 93.9. The Morgan fingerprint density at radius 1 is 0.764 bits per heavy atom.